The number of nitriles is 1. The summed E-state index contributed by atoms with van der Waals surface area (Å²) in [5.41, 5.74) is 1.42. The zero-order valence-corrected chi connectivity index (χ0v) is 8.74. The molecule has 2 rings (SSSR count). The second kappa shape index (κ2) is 4.45. The van der Waals surface area contributed by atoms with Gasteiger partial charge < -0.3 is 5.11 Å². The molecule has 0 aliphatic heterocycles. The van der Waals surface area contributed by atoms with E-state index in [0.717, 1.165) is 5.56 Å². The number of aromatic carboxylic acids is 1. The summed E-state index contributed by atoms with van der Waals surface area (Å²) in [7, 11) is 0. The average Bonchev–Trinajstić information content (AvgIpc) is 2.79. The van der Waals surface area contributed by atoms with Crippen LogP contribution >= 0.6 is 0 Å². The van der Waals surface area contributed by atoms with Crippen LogP contribution in [0.3, 0.4) is 0 Å². The lowest BCUT2D eigenvalue weighted by Gasteiger charge is -2.00. The van der Waals surface area contributed by atoms with Crippen molar-refractivity contribution in [1.29, 1.82) is 5.26 Å². The van der Waals surface area contributed by atoms with Gasteiger partial charge in [0.1, 0.15) is 0 Å². The maximum absolute atomic E-state index is 10.6. The van der Waals surface area contributed by atoms with E-state index in [4.69, 9.17) is 10.4 Å². The average molecular weight is 228 g/mol. The Bertz CT molecular complexity index is 580. The zero-order chi connectivity index (χ0) is 12.3. The Morgan fingerprint density at radius 1 is 1.41 bits per heavy atom. The highest BCUT2D eigenvalue weighted by Crippen LogP contribution is 2.05. The first-order chi connectivity index (χ1) is 8.19. The van der Waals surface area contributed by atoms with Gasteiger partial charge >= 0.3 is 5.97 Å². The molecule has 0 spiro atoms. The smallest absolute Gasteiger partial charge is 0.358 e. The monoisotopic (exact) mass is 228 g/mol. The molecule has 0 radical (unpaired) electrons. The lowest BCUT2D eigenvalue weighted by Crippen LogP contribution is -2.00. The van der Waals surface area contributed by atoms with Gasteiger partial charge in [0.15, 0.2) is 5.69 Å². The Morgan fingerprint density at radius 2 is 2.12 bits per heavy atom. The van der Waals surface area contributed by atoms with Crippen molar-refractivity contribution in [3.63, 3.8) is 0 Å². The molecule has 0 atom stereocenters. The van der Waals surface area contributed by atoms with Crippen LogP contribution in [-0.2, 0) is 6.54 Å². The van der Waals surface area contributed by atoms with Crippen LogP contribution in [-0.4, -0.2) is 26.1 Å². The molecular formula is C11H8N4O2. The predicted octanol–water partition coefficient (Wildman–Crippen LogP) is 0.896. The van der Waals surface area contributed by atoms with Crippen LogP contribution in [0, 0.1) is 11.3 Å². The summed E-state index contributed by atoms with van der Waals surface area (Å²) in [4.78, 5) is 10.6. The van der Waals surface area contributed by atoms with Gasteiger partial charge in [-0.05, 0) is 17.7 Å². The number of hydrogen-bond donors (Lipinski definition) is 1. The van der Waals surface area contributed by atoms with Crippen molar-refractivity contribution in [3.8, 4) is 6.07 Å². The summed E-state index contributed by atoms with van der Waals surface area (Å²) in [5.74, 6) is -1.10. The van der Waals surface area contributed by atoms with Crippen LogP contribution in [0.2, 0.25) is 0 Å². The normalized spacial score (nSPS) is 9.82. The number of carboxylic acid groups (broad SMARTS) is 1. The van der Waals surface area contributed by atoms with E-state index in [1.807, 2.05) is 6.07 Å². The highest BCUT2D eigenvalue weighted by atomic mass is 16.4. The minimum Gasteiger partial charge on any atom is -0.476 e. The second-order valence-corrected chi connectivity index (χ2v) is 3.42. The van der Waals surface area contributed by atoms with Gasteiger partial charge in [-0.25, -0.2) is 9.48 Å². The molecule has 0 amide bonds. The SMILES string of the molecule is N#Cc1ccc(Cn2cc(C(=O)O)nn2)cc1. The Kier molecular flexibility index (Phi) is 2.83. The summed E-state index contributed by atoms with van der Waals surface area (Å²) >= 11 is 0. The predicted molar refractivity (Wildman–Crippen MR) is 57.2 cm³/mol. The van der Waals surface area contributed by atoms with Crippen LogP contribution in [0.4, 0.5) is 0 Å². The van der Waals surface area contributed by atoms with Crippen molar-refractivity contribution < 1.29 is 9.90 Å². The summed E-state index contributed by atoms with van der Waals surface area (Å²) in [5, 5.41) is 24.5. The molecule has 1 aromatic carbocycles. The van der Waals surface area contributed by atoms with Crippen molar-refractivity contribution in [2.24, 2.45) is 0 Å². The van der Waals surface area contributed by atoms with Crippen molar-refractivity contribution >= 4 is 5.97 Å². The van der Waals surface area contributed by atoms with Gasteiger partial charge in [-0.2, -0.15) is 5.26 Å². The first kappa shape index (κ1) is 10.8. The molecule has 1 N–H and O–H groups in total. The Balaban J connectivity index is 2.14. The van der Waals surface area contributed by atoms with E-state index in [-0.39, 0.29) is 5.69 Å². The molecule has 84 valence electrons. The molecule has 1 heterocycles. The topological polar surface area (TPSA) is 91.8 Å². The van der Waals surface area contributed by atoms with E-state index in [1.165, 1.54) is 10.9 Å². The van der Waals surface area contributed by atoms with Gasteiger partial charge in [-0.15, -0.1) is 5.10 Å². The molecule has 17 heavy (non-hydrogen) atoms. The number of carbonyl (C=O) groups is 1. The minimum absolute atomic E-state index is 0.0846. The van der Waals surface area contributed by atoms with Crippen molar-refractivity contribution in [2.45, 2.75) is 6.54 Å². The summed E-state index contributed by atoms with van der Waals surface area (Å²) in [6.45, 7) is 0.423. The molecule has 0 aliphatic rings. The van der Waals surface area contributed by atoms with E-state index in [0.29, 0.717) is 12.1 Å². The summed E-state index contributed by atoms with van der Waals surface area (Å²) in [6, 6.07) is 9.01. The zero-order valence-electron chi connectivity index (χ0n) is 8.74. The number of rotatable bonds is 3. The molecule has 6 nitrogen and oxygen atoms in total. The van der Waals surface area contributed by atoms with Crippen LogP contribution in [0.15, 0.2) is 30.5 Å². The molecule has 0 fully saturated rings. The fraction of sp³-hybridized carbons (Fsp3) is 0.0909. The largest absolute Gasteiger partial charge is 0.476 e. The van der Waals surface area contributed by atoms with Gasteiger partial charge in [0.2, 0.25) is 0 Å². The number of aromatic nitrogens is 3. The standard InChI is InChI=1S/C11H8N4O2/c12-5-8-1-3-9(4-2-8)6-15-7-10(11(16)17)13-14-15/h1-4,7H,6H2,(H,16,17). The number of benzene rings is 1. The molecule has 0 unspecified atom stereocenters. The fourth-order valence-electron chi connectivity index (χ4n) is 1.35. The molecule has 1 aromatic heterocycles. The van der Waals surface area contributed by atoms with Gasteiger partial charge in [-0.1, -0.05) is 17.3 Å². The quantitative estimate of drug-likeness (QED) is 0.842. The Hall–Kier alpha value is -2.68. The van der Waals surface area contributed by atoms with Crippen LogP contribution in [0.1, 0.15) is 21.6 Å². The van der Waals surface area contributed by atoms with Gasteiger partial charge in [0.25, 0.3) is 0 Å². The lowest BCUT2D eigenvalue weighted by molar-refractivity contribution is 0.0690. The van der Waals surface area contributed by atoms with Gasteiger partial charge in [0.05, 0.1) is 24.4 Å². The highest BCUT2D eigenvalue weighted by molar-refractivity contribution is 5.84. The summed E-state index contributed by atoms with van der Waals surface area (Å²) in [6.07, 6.45) is 1.36. The van der Waals surface area contributed by atoms with Crippen LogP contribution in [0.5, 0.6) is 0 Å². The lowest BCUT2D eigenvalue weighted by atomic mass is 10.1. The molecule has 0 saturated carbocycles. The molecule has 0 aliphatic carbocycles. The molecular weight excluding hydrogens is 220 g/mol. The molecule has 0 bridgehead atoms. The van der Waals surface area contributed by atoms with Gasteiger partial charge in [-0.3, -0.25) is 0 Å². The van der Waals surface area contributed by atoms with E-state index < -0.39 is 5.97 Å². The third kappa shape index (κ3) is 2.46. The van der Waals surface area contributed by atoms with E-state index in [2.05, 4.69) is 10.3 Å². The van der Waals surface area contributed by atoms with E-state index in [1.54, 1.807) is 24.3 Å². The maximum Gasteiger partial charge on any atom is 0.358 e. The van der Waals surface area contributed by atoms with Crippen molar-refractivity contribution in [3.05, 3.63) is 47.3 Å². The summed E-state index contributed by atoms with van der Waals surface area (Å²) < 4.78 is 1.44. The third-order valence-electron chi connectivity index (χ3n) is 2.19. The maximum atomic E-state index is 10.6. The second-order valence-electron chi connectivity index (χ2n) is 3.42. The molecule has 0 saturated heterocycles. The van der Waals surface area contributed by atoms with Gasteiger partial charge in [0, 0.05) is 0 Å². The Morgan fingerprint density at radius 3 is 2.65 bits per heavy atom. The van der Waals surface area contributed by atoms with Crippen LogP contribution in [0.25, 0.3) is 0 Å². The third-order valence-corrected chi connectivity index (χ3v) is 2.19. The first-order valence-corrected chi connectivity index (χ1v) is 4.81. The highest BCUT2D eigenvalue weighted by Gasteiger charge is 2.08. The van der Waals surface area contributed by atoms with Crippen molar-refractivity contribution in [2.75, 3.05) is 0 Å². The number of hydrogen-bond acceptors (Lipinski definition) is 4. The first-order valence-electron chi connectivity index (χ1n) is 4.81. The van der Waals surface area contributed by atoms with Crippen molar-refractivity contribution in [1.82, 2.24) is 15.0 Å². The number of nitrogens with zero attached hydrogens (tertiary/aromatic N) is 4. The fourth-order valence-corrected chi connectivity index (χ4v) is 1.35. The molecule has 6 heteroatoms. The van der Waals surface area contributed by atoms with E-state index >= 15 is 0 Å². The number of carboxylic acids is 1. The molecule has 2 aromatic rings. The Labute approximate surface area is 96.7 Å². The van der Waals surface area contributed by atoms with E-state index in [9.17, 15) is 4.79 Å². The minimum atomic E-state index is -1.10. The van der Waals surface area contributed by atoms with Crippen LogP contribution < -0.4 is 0 Å².